The van der Waals surface area contributed by atoms with E-state index in [0.717, 1.165) is 5.56 Å². The standard InChI is InChI=1S/C14H20N2O3/c1-10(2)9-16-14(19)15-7-6-11-4-3-5-12(8-11)13(17)18/h3-5,8,10H,6-7,9H2,1-2H3,(H,17,18)(H2,15,16,19). The van der Waals surface area contributed by atoms with Crippen LogP contribution in [0.3, 0.4) is 0 Å². The number of benzene rings is 1. The number of rotatable bonds is 6. The maximum absolute atomic E-state index is 11.4. The van der Waals surface area contributed by atoms with Crippen LogP contribution in [0.2, 0.25) is 0 Å². The second kappa shape index (κ2) is 7.41. The molecule has 0 aliphatic rings. The molecule has 0 saturated heterocycles. The van der Waals surface area contributed by atoms with Gasteiger partial charge < -0.3 is 15.7 Å². The van der Waals surface area contributed by atoms with E-state index in [2.05, 4.69) is 10.6 Å². The van der Waals surface area contributed by atoms with Crippen LogP contribution < -0.4 is 10.6 Å². The minimum absolute atomic E-state index is 0.192. The Labute approximate surface area is 113 Å². The molecule has 3 N–H and O–H groups in total. The van der Waals surface area contributed by atoms with E-state index in [9.17, 15) is 9.59 Å². The first-order valence-corrected chi connectivity index (χ1v) is 6.33. The number of hydrogen-bond acceptors (Lipinski definition) is 2. The SMILES string of the molecule is CC(C)CNC(=O)NCCc1cccc(C(=O)O)c1. The first kappa shape index (κ1) is 15.0. The number of carbonyl (C=O) groups is 2. The fourth-order valence-electron chi connectivity index (χ4n) is 1.54. The van der Waals surface area contributed by atoms with Crippen molar-refractivity contribution in [2.45, 2.75) is 20.3 Å². The molecular formula is C14H20N2O3. The van der Waals surface area contributed by atoms with Crippen LogP contribution in [0.1, 0.15) is 29.8 Å². The lowest BCUT2D eigenvalue weighted by Gasteiger charge is -2.09. The maximum atomic E-state index is 11.4. The molecule has 0 saturated carbocycles. The van der Waals surface area contributed by atoms with Gasteiger partial charge in [-0.2, -0.15) is 0 Å². The molecule has 0 bridgehead atoms. The van der Waals surface area contributed by atoms with Gasteiger partial charge in [0.05, 0.1) is 5.56 Å². The summed E-state index contributed by atoms with van der Waals surface area (Å²) >= 11 is 0. The van der Waals surface area contributed by atoms with Crippen LogP contribution in [0.4, 0.5) is 4.79 Å². The van der Waals surface area contributed by atoms with Crippen molar-refractivity contribution < 1.29 is 14.7 Å². The summed E-state index contributed by atoms with van der Waals surface area (Å²) in [4.78, 5) is 22.2. The summed E-state index contributed by atoms with van der Waals surface area (Å²) < 4.78 is 0. The molecule has 1 aromatic carbocycles. The molecule has 2 amide bonds. The molecular weight excluding hydrogens is 244 g/mol. The molecule has 104 valence electrons. The smallest absolute Gasteiger partial charge is 0.335 e. The molecule has 5 heteroatoms. The number of hydrogen-bond donors (Lipinski definition) is 3. The summed E-state index contributed by atoms with van der Waals surface area (Å²) in [6, 6.07) is 6.53. The van der Waals surface area contributed by atoms with Gasteiger partial charge in [0, 0.05) is 13.1 Å². The summed E-state index contributed by atoms with van der Waals surface area (Å²) in [7, 11) is 0. The van der Waals surface area contributed by atoms with Crippen LogP contribution in [0.25, 0.3) is 0 Å². The van der Waals surface area contributed by atoms with Crippen LogP contribution >= 0.6 is 0 Å². The van der Waals surface area contributed by atoms with Gasteiger partial charge >= 0.3 is 12.0 Å². The van der Waals surface area contributed by atoms with Crippen LogP contribution in [-0.4, -0.2) is 30.2 Å². The zero-order valence-electron chi connectivity index (χ0n) is 11.3. The van der Waals surface area contributed by atoms with E-state index in [1.807, 2.05) is 19.9 Å². The first-order chi connectivity index (χ1) is 8.99. The monoisotopic (exact) mass is 264 g/mol. The van der Waals surface area contributed by atoms with Crippen molar-refractivity contribution in [2.24, 2.45) is 5.92 Å². The van der Waals surface area contributed by atoms with E-state index in [1.165, 1.54) is 0 Å². The van der Waals surface area contributed by atoms with Crippen molar-refractivity contribution in [3.63, 3.8) is 0 Å². The number of carboxylic acids is 1. The minimum Gasteiger partial charge on any atom is -0.478 e. The van der Waals surface area contributed by atoms with E-state index in [4.69, 9.17) is 5.11 Å². The van der Waals surface area contributed by atoms with Crippen molar-refractivity contribution in [3.8, 4) is 0 Å². The van der Waals surface area contributed by atoms with Crippen LogP contribution in [-0.2, 0) is 6.42 Å². The Morgan fingerprint density at radius 3 is 2.63 bits per heavy atom. The van der Waals surface area contributed by atoms with E-state index in [-0.39, 0.29) is 11.6 Å². The molecule has 0 unspecified atom stereocenters. The highest BCUT2D eigenvalue weighted by Crippen LogP contribution is 2.05. The molecule has 0 aliphatic carbocycles. The van der Waals surface area contributed by atoms with Gasteiger partial charge in [-0.25, -0.2) is 9.59 Å². The normalized spacial score (nSPS) is 10.3. The molecule has 0 aliphatic heterocycles. The van der Waals surface area contributed by atoms with Crippen LogP contribution in [0, 0.1) is 5.92 Å². The zero-order valence-corrected chi connectivity index (χ0v) is 11.3. The first-order valence-electron chi connectivity index (χ1n) is 6.33. The van der Waals surface area contributed by atoms with Gasteiger partial charge in [-0.15, -0.1) is 0 Å². The predicted molar refractivity (Wildman–Crippen MR) is 73.3 cm³/mol. The van der Waals surface area contributed by atoms with E-state index < -0.39 is 5.97 Å². The molecule has 1 aromatic rings. The second-order valence-corrected chi connectivity index (χ2v) is 4.79. The summed E-state index contributed by atoms with van der Waals surface area (Å²) in [5.74, 6) is -0.525. The summed E-state index contributed by atoms with van der Waals surface area (Å²) in [5.41, 5.74) is 1.16. The van der Waals surface area contributed by atoms with Gasteiger partial charge in [0.2, 0.25) is 0 Å². The third-order valence-electron chi connectivity index (χ3n) is 2.54. The Balaban J connectivity index is 2.35. The average molecular weight is 264 g/mol. The third kappa shape index (κ3) is 5.90. The molecule has 0 fully saturated rings. The van der Waals surface area contributed by atoms with Gasteiger partial charge in [0.25, 0.3) is 0 Å². The number of nitrogens with one attached hydrogen (secondary N) is 2. The lowest BCUT2D eigenvalue weighted by Crippen LogP contribution is -2.38. The summed E-state index contributed by atoms with van der Waals surface area (Å²) in [6.45, 7) is 5.17. The Hall–Kier alpha value is -2.04. The number of carboxylic acid groups (broad SMARTS) is 1. The van der Waals surface area contributed by atoms with Crippen molar-refractivity contribution in [2.75, 3.05) is 13.1 Å². The lowest BCUT2D eigenvalue weighted by molar-refractivity contribution is 0.0696. The maximum Gasteiger partial charge on any atom is 0.335 e. The molecule has 0 atom stereocenters. The molecule has 0 spiro atoms. The summed E-state index contributed by atoms with van der Waals surface area (Å²) in [6.07, 6.45) is 0.607. The Morgan fingerprint density at radius 1 is 1.26 bits per heavy atom. The number of carbonyl (C=O) groups excluding carboxylic acids is 1. The van der Waals surface area contributed by atoms with Crippen LogP contribution in [0.15, 0.2) is 24.3 Å². The van der Waals surface area contributed by atoms with Crippen molar-refractivity contribution in [1.82, 2.24) is 10.6 Å². The predicted octanol–water partition coefficient (Wildman–Crippen LogP) is 1.88. The van der Waals surface area contributed by atoms with Crippen LogP contribution in [0.5, 0.6) is 0 Å². The van der Waals surface area contributed by atoms with Gasteiger partial charge in [-0.1, -0.05) is 26.0 Å². The average Bonchev–Trinajstić information content (AvgIpc) is 2.36. The van der Waals surface area contributed by atoms with Crippen molar-refractivity contribution >= 4 is 12.0 Å². The van der Waals surface area contributed by atoms with Gasteiger partial charge in [0.15, 0.2) is 0 Å². The van der Waals surface area contributed by atoms with Crippen molar-refractivity contribution in [3.05, 3.63) is 35.4 Å². The Kier molecular flexibility index (Phi) is 5.85. The van der Waals surface area contributed by atoms with Gasteiger partial charge in [0.1, 0.15) is 0 Å². The molecule has 0 aromatic heterocycles. The molecule has 19 heavy (non-hydrogen) atoms. The summed E-state index contributed by atoms with van der Waals surface area (Å²) in [5, 5.41) is 14.4. The van der Waals surface area contributed by atoms with E-state index in [1.54, 1.807) is 18.2 Å². The number of aromatic carboxylic acids is 1. The molecule has 0 radical (unpaired) electrons. The fourth-order valence-corrected chi connectivity index (χ4v) is 1.54. The topological polar surface area (TPSA) is 78.4 Å². The highest BCUT2D eigenvalue weighted by Gasteiger charge is 2.04. The third-order valence-corrected chi connectivity index (χ3v) is 2.54. The largest absolute Gasteiger partial charge is 0.478 e. The molecule has 1 rings (SSSR count). The molecule has 5 nitrogen and oxygen atoms in total. The van der Waals surface area contributed by atoms with E-state index in [0.29, 0.717) is 25.4 Å². The second-order valence-electron chi connectivity index (χ2n) is 4.79. The zero-order chi connectivity index (χ0) is 14.3. The minimum atomic E-state index is -0.940. The fraction of sp³-hybridized carbons (Fsp3) is 0.429. The Morgan fingerprint density at radius 2 is 2.00 bits per heavy atom. The molecule has 0 heterocycles. The number of urea groups is 1. The highest BCUT2D eigenvalue weighted by molar-refractivity contribution is 5.87. The van der Waals surface area contributed by atoms with Crippen molar-refractivity contribution in [1.29, 1.82) is 0 Å². The van der Waals surface area contributed by atoms with E-state index >= 15 is 0 Å². The quantitative estimate of drug-likeness (QED) is 0.734. The van der Waals surface area contributed by atoms with Gasteiger partial charge in [-0.3, -0.25) is 0 Å². The van der Waals surface area contributed by atoms with Gasteiger partial charge in [-0.05, 0) is 30.0 Å². The Bertz CT molecular complexity index is 444. The lowest BCUT2D eigenvalue weighted by atomic mass is 10.1. The number of amides is 2. The highest BCUT2D eigenvalue weighted by atomic mass is 16.4.